The van der Waals surface area contributed by atoms with Gasteiger partial charge in [0, 0.05) is 22.8 Å². The van der Waals surface area contributed by atoms with Crippen LogP contribution in [0.25, 0.3) is 10.9 Å². The number of aryl methyl sites for hydroxylation is 1. The average molecular weight is 451 g/mol. The summed E-state index contributed by atoms with van der Waals surface area (Å²) in [5.41, 5.74) is 0.412. The summed E-state index contributed by atoms with van der Waals surface area (Å²) in [5, 5.41) is 2.92. The van der Waals surface area contributed by atoms with Crippen LogP contribution in [0, 0.1) is 12.7 Å². The van der Waals surface area contributed by atoms with E-state index in [2.05, 4.69) is 15.0 Å². The number of pyridine rings is 1. The zero-order chi connectivity index (χ0) is 22.9. The first-order valence-electron chi connectivity index (χ1n) is 9.56. The second-order valence-electron chi connectivity index (χ2n) is 7.10. The lowest BCUT2D eigenvalue weighted by Gasteiger charge is -2.13. The molecule has 0 aliphatic heterocycles. The van der Waals surface area contributed by atoms with Gasteiger partial charge in [0.2, 0.25) is 5.43 Å². The Morgan fingerprint density at radius 2 is 1.72 bits per heavy atom. The zero-order valence-electron chi connectivity index (χ0n) is 16.8. The number of H-pyrrole nitrogens is 1. The van der Waals surface area contributed by atoms with Crippen LogP contribution in [-0.4, -0.2) is 19.3 Å². The van der Waals surface area contributed by atoms with Crippen LogP contribution in [-0.2, 0) is 10.0 Å². The van der Waals surface area contributed by atoms with Gasteiger partial charge in [-0.2, -0.15) is 0 Å². The average Bonchev–Trinajstić information content (AvgIpc) is 2.77. The summed E-state index contributed by atoms with van der Waals surface area (Å²) in [6, 6.07) is 16.5. The van der Waals surface area contributed by atoms with E-state index in [1.54, 1.807) is 31.2 Å². The zero-order valence-corrected chi connectivity index (χ0v) is 17.7. The quantitative estimate of drug-likeness (QED) is 0.426. The Bertz CT molecular complexity index is 1510. The van der Waals surface area contributed by atoms with Gasteiger partial charge in [-0.15, -0.1) is 0 Å². The molecule has 0 unspecified atom stereocenters. The minimum absolute atomic E-state index is 0.113. The number of fused-ring (bicyclic) bond motifs is 1. The molecule has 3 aromatic carbocycles. The molecule has 1 heterocycles. The lowest BCUT2D eigenvalue weighted by molar-refractivity contribution is 0.102. The van der Waals surface area contributed by atoms with E-state index in [-0.39, 0.29) is 21.8 Å². The number of carbonyl (C=O) groups is 1. The predicted molar refractivity (Wildman–Crippen MR) is 121 cm³/mol. The molecule has 0 radical (unpaired) electrons. The molecular weight excluding hydrogens is 433 g/mol. The van der Waals surface area contributed by atoms with Crippen LogP contribution in [0.15, 0.2) is 82.6 Å². The molecule has 162 valence electrons. The fraction of sp³-hybridized carbons (Fsp3) is 0.0435. The SMILES string of the molecule is Cc1ccc(NC(=O)c2c[nH]c3ccccc3c2=O)cc1S(=O)(=O)Nc1ccccc1F. The van der Waals surface area contributed by atoms with Gasteiger partial charge in [0.15, 0.2) is 0 Å². The number of carbonyl (C=O) groups excluding carboxylic acids is 1. The number of sulfonamides is 1. The summed E-state index contributed by atoms with van der Waals surface area (Å²) < 4.78 is 41.8. The molecule has 4 rings (SSSR count). The highest BCUT2D eigenvalue weighted by molar-refractivity contribution is 7.92. The van der Waals surface area contributed by atoms with E-state index in [9.17, 15) is 22.4 Å². The van der Waals surface area contributed by atoms with Gasteiger partial charge in [-0.1, -0.05) is 30.3 Å². The van der Waals surface area contributed by atoms with Gasteiger partial charge >= 0.3 is 0 Å². The number of hydrogen-bond donors (Lipinski definition) is 3. The van der Waals surface area contributed by atoms with Crippen LogP contribution < -0.4 is 15.5 Å². The van der Waals surface area contributed by atoms with E-state index in [0.29, 0.717) is 16.5 Å². The van der Waals surface area contributed by atoms with E-state index >= 15 is 0 Å². The Morgan fingerprint density at radius 1 is 1.00 bits per heavy atom. The van der Waals surface area contributed by atoms with Crippen molar-refractivity contribution < 1.29 is 17.6 Å². The molecule has 0 fully saturated rings. The summed E-state index contributed by atoms with van der Waals surface area (Å²) in [5.74, 6) is -1.40. The molecule has 0 spiro atoms. The van der Waals surface area contributed by atoms with Gasteiger partial charge in [0.05, 0.1) is 10.6 Å². The maximum atomic E-state index is 13.9. The first-order valence-corrected chi connectivity index (χ1v) is 11.0. The summed E-state index contributed by atoms with van der Waals surface area (Å²) in [6.45, 7) is 1.58. The standard InChI is InChI=1S/C23H18FN3O4S/c1-14-10-11-15(12-21(14)32(30,31)27-20-9-5-3-7-18(20)24)26-23(29)17-13-25-19-8-4-2-6-16(19)22(17)28/h2-13,27H,1H3,(H,25,28)(H,26,29). The van der Waals surface area contributed by atoms with Gasteiger partial charge in [-0.3, -0.25) is 14.3 Å². The molecule has 3 N–H and O–H groups in total. The first-order chi connectivity index (χ1) is 15.3. The largest absolute Gasteiger partial charge is 0.360 e. The fourth-order valence-electron chi connectivity index (χ4n) is 3.25. The van der Waals surface area contributed by atoms with Gasteiger partial charge in [0.1, 0.15) is 11.4 Å². The molecular formula is C23H18FN3O4S. The molecule has 32 heavy (non-hydrogen) atoms. The Labute approximate surface area is 183 Å². The third-order valence-corrected chi connectivity index (χ3v) is 6.39. The fourth-order valence-corrected chi connectivity index (χ4v) is 4.58. The highest BCUT2D eigenvalue weighted by atomic mass is 32.2. The van der Waals surface area contributed by atoms with Gasteiger partial charge in [0.25, 0.3) is 15.9 Å². The Hall–Kier alpha value is -3.98. The number of para-hydroxylation sites is 2. The number of aromatic nitrogens is 1. The number of rotatable bonds is 5. The molecule has 0 aliphatic rings. The maximum absolute atomic E-state index is 13.9. The Balaban J connectivity index is 1.65. The summed E-state index contributed by atoms with van der Waals surface area (Å²) >= 11 is 0. The summed E-state index contributed by atoms with van der Waals surface area (Å²) in [7, 11) is -4.14. The third kappa shape index (κ3) is 4.10. The van der Waals surface area contributed by atoms with Gasteiger partial charge in [-0.25, -0.2) is 12.8 Å². The molecule has 1 amide bonds. The molecule has 0 bridgehead atoms. The molecule has 0 atom stereocenters. The Morgan fingerprint density at radius 3 is 2.50 bits per heavy atom. The Kier molecular flexibility index (Phi) is 5.50. The van der Waals surface area contributed by atoms with Gasteiger partial charge in [-0.05, 0) is 48.9 Å². The molecule has 4 aromatic rings. The predicted octanol–water partition coefficient (Wildman–Crippen LogP) is 4.03. The summed E-state index contributed by atoms with van der Waals surface area (Å²) in [4.78, 5) is 28.1. The highest BCUT2D eigenvalue weighted by Crippen LogP contribution is 2.24. The lowest BCUT2D eigenvalue weighted by Crippen LogP contribution is -2.22. The minimum Gasteiger partial charge on any atom is -0.360 e. The van der Waals surface area contributed by atoms with Crippen LogP contribution in [0.4, 0.5) is 15.8 Å². The van der Waals surface area contributed by atoms with Crippen molar-refractivity contribution >= 4 is 38.2 Å². The highest BCUT2D eigenvalue weighted by Gasteiger charge is 2.20. The van der Waals surface area contributed by atoms with Crippen molar-refractivity contribution in [2.45, 2.75) is 11.8 Å². The molecule has 0 saturated carbocycles. The molecule has 9 heteroatoms. The van der Waals surface area contributed by atoms with Crippen molar-refractivity contribution in [2.24, 2.45) is 0 Å². The second-order valence-corrected chi connectivity index (χ2v) is 8.75. The number of anilines is 2. The number of hydrogen-bond acceptors (Lipinski definition) is 4. The van der Waals surface area contributed by atoms with Crippen molar-refractivity contribution in [3.8, 4) is 0 Å². The number of nitrogens with one attached hydrogen (secondary N) is 3. The van der Waals surface area contributed by atoms with Crippen LogP contribution in [0.5, 0.6) is 0 Å². The van der Waals surface area contributed by atoms with Crippen LogP contribution in [0.3, 0.4) is 0 Å². The van der Waals surface area contributed by atoms with E-state index in [1.807, 2.05) is 0 Å². The van der Waals surface area contributed by atoms with E-state index in [0.717, 1.165) is 6.07 Å². The monoisotopic (exact) mass is 451 g/mol. The summed E-state index contributed by atoms with van der Waals surface area (Å²) in [6.07, 6.45) is 1.31. The molecule has 0 aliphatic carbocycles. The van der Waals surface area contributed by atoms with Crippen molar-refractivity contribution in [1.29, 1.82) is 0 Å². The molecule has 0 saturated heterocycles. The van der Waals surface area contributed by atoms with Crippen LogP contribution in [0.2, 0.25) is 0 Å². The molecule has 1 aromatic heterocycles. The maximum Gasteiger partial charge on any atom is 0.262 e. The number of halogens is 1. The number of amides is 1. The van der Waals surface area contributed by atoms with Crippen molar-refractivity contribution in [3.05, 3.63) is 100 Å². The smallest absolute Gasteiger partial charge is 0.262 e. The van der Waals surface area contributed by atoms with E-state index < -0.39 is 27.2 Å². The second kappa shape index (κ2) is 8.27. The number of benzene rings is 3. The van der Waals surface area contributed by atoms with Gasteiger partial charge < -0.3 is 10.3 Å². The van der Waals surface area contributed by atoms with Crippen LogP contribution in [0.1, 0.15) is 15.9 Å². The van der Waals surface area contributed by atoms with E-state index in [1.165, 1.54) is 42.6 Å². The normalized spacial score (nSPS) is 11.3. The first kappa shape index (κ1) is 21.3. The van der Waals surface area contributed by atoms with Crippen LogP contribution >= 0.6 is 0 Å². The van der Waals surface area contributed by atoms with E-state index in [4.69, 9.17) is 0 Å². The number of aromatic amines is 1. The topological polar surface area (TPSA) is 108 Å². The minimum atomic E-state index is -4.14. The van der Waals surface area contributed by atoms with Crippen molar-refractivity contribution in [2.75, 3.05) is 10.0 Å². The van der Waals surface area contributed by atoms with Crippen molar-refractivity contribution in [1.82, 2.24) is 4.98 Å². The third-order valence-electron chi connectivity index (χ3n) is 4.89. The molecule has 7 nitrogen and oxygen atoms in total. The van der Waals surface area contributed by atoms with Crippen molar-refractivity contribution in [3.63, 3.8) is 0 Å². The lowest BCUT2D eigenvalue weighted by atomic mass is 10.1.